The Morgan fingerprint density at radius 2 is 1.77 bits per heavy atom. The first-order valence-corrected chi connectivity index (χ1v) is 5.58. The molecule has 0 aliphatic heterocycles. The molecule has 0 heterocycles. The molecule has 0 aromatic heterocycles. The molecular formula is C11H21NO. The second-order valence-electron chi connectivity index (χ2n) is 4.71. The molecule has 2 aliphatic carbocycles. The Bertz CT molecular complexity index is 173. The average Bonchev–Trinajstić information content (AvgIpc) is 2.40. The Kier molecular flexibility index (Phi) is 2.61. The molecule has 0 bridgehead atoms. The van der Waals surface area contributed by atoms with Gasteiger partial charge in [-0.3, -0.25) is 0 Å². The van der Waals surface area contributed by atoms with E-state index in [2.05, 4.69) is 0 Å². The monoisotopic (exact) mass is 183 g/mol. The van der Waals surface area contributed by atoms with Crippen LogP contribution in [0.1, 0.15) is 44.9 Å². The zero-order valence-corrected chi connectivity index (χ0v) is 8.59. The van der Waals surface area contributed by atoms with Gasteiger partial charge in [0.2, 0.25) is 0 Å². The van der Waals surface area contributed by atoms with Gasteiger partial charge in [-0.1, -0.05) is 25.7 Å². The van der Waals surface area contributed by atoms with E-state index in [0.717, 1.165) is 6.42 Å². The van der Waals surface area contributed by atoms with Gasteiger partial charge in [0.05, 0.1) is 6.10 Å². The average molecular weight is 183 g/mol. The van der Waals surface area contributed by atoms with Crippen molar-refractivity contribution < 1.29 is 4.74 Å². The fourth-order valence-corrected chi connectivity index (χ4v) is 3.19. The third kappa shape index (κ3) is 1.40. The highest BCUT2D eigenvalue weighted by atomic mass is 16.5. The molecule has 0 saturated heterocycles. The highest BCUT2D eigenvalue weighted by Crippen LogP contribution is 2.51. The minimum absolute atomic E-state index is 0.366. The number of nitrogens with two attached hydrogens (primary N) is 1. The third-order valence-electron chi connectivity index (χ3n) is 4.17. The first kappa shape index (κ1) is 9.47. The molecule has 2 saturated carbocycles. The Labute approximate surface area is 80.8 Å². The summed E-state index contributed by atoms with van der Waals surface area (Å²) in [5, 5.41) is 0. The number of rotatable bonds is 1. The molecule has 0 aromatic carbocycles. The lowest BCUT2D eigenvalue weighted by atomic mass is 9.58. The maximum Gasteiger partial charge on any atom is 0.0657 e. The van der Waals surface area contributed by atoms with Crippen LogP contribution in [0, 0.1) is 5.41 Å². The van der Waals surface area contributed by atoms with E-state index in [1.165, 1.54) is 38.5 Å². The first-order chi connectivity index (χ1) is 6.29. The second-order valence-corrected chi connectivity index (χ2v) is 4.71. The number of methoxy groups -OCH3 is 1. The standard InChI is InChI=1S/C11H21NO/c1-13-10-8-9(12)11(10)6-4-2-3-5-7-11/h9-10H,2-8,12H2,1H3. The highest BCUT2D eigenvalue weighted by Gasteiger charge is 2.52. The Balaban J connectivity index is 2.06. The van der Waals surface area contributed by atoms with Crippen LogP contribution in [0.5, 0.6) is 0 Å². The molecule has 2 fully saturated rings. The smallest absolute Gasteiger partial charge is 0.0657 e. The predicted molar refractivity (Wildman–Crippen MR) is 53.5 cm³/mol. The topological polar surface area (TPSA) is 35.2 Å². The molecular weight excluding hydrogens is 162 g/mol. The van der Waals surface area contributed by atoms with Crippen molar-refractivity contribution >= 4 is 0 Å². The van der Waals surface area contributed by atoms with E-state index in [1.54, 1.807) is 0 Å². The fourth-order valence-electron chi connectivity index (χ4n) is 3.19. The van der Waals surface area contributed by atoms with Gasteiger partial charge in [0.1, 0.15) is 0 Å². The highest BCUT2D eigenvalue weighted by molar-refractivity contribution is 5.06. The van der Waals surface area contributed by atoms with Crippen molar-refractivity contribution in [3.05, 3.63) is 0 Å². The Hall–Kier alpha value is -0.0800. The summed E-state index contributed by atoms with van der Waals surface area (Å²) in [7, 11) is 1.84. The van der Waals surface area contributed by atoms with E-state index in [9.17, 15) is 0 Å². The van der Waals surface area contributed by atoms with Gasteiger partial charge in [0.25, 0.3) is 0 Å². The van der Waals surface area contributed by atoms with Crippen molar-refractivity contribution in [1.82, 2.24) is 0 Å². The number of hydrogen-bond donors (Lipinski definition) is 1. The first-order valence-electron chi connectivity index (χ1n) is 5.58. The summed E-state index contributed by atoms with van der Waals surface area (Å²) >= 11 is 0. The summed E-state index contributed by atoms with van der Waals surface area (Å²) in [6, 6.07) is 0.413. The summed E-state index contributed by atoms with van der Waals surface area (Å²) in [5.74, 6) is 0. The van der Waals surface area contributed by atoms with Crippen LogP contribution in [0.25, 0.3) is 0 Å². The molecule has 2 aliphatic rings. The molecule has 1 spiro atoms. The molecule has 2 rings (SSSR count). The number of hydrogen-bond acceptors (Lipinski definition) is 2. The molecule has 2 nitrogen and oxygen atoms in total. The van der Waals surface area contributed by atoms with Crippen LogP contribution >= 0.6 is 0 Å². The summed E-state index contributed by atoms with van der Waals surface area (Å²) in [4.78, 5) is 0. The second kappa shape index (κ2) is 3.58. The molecule has 0 radical (unpaired) electrons. The largest absolute Gasteiger partial charge is 0.381 e. The fraction of sp³-hybridized carbons (Fsp3) is 1.00. The van der Waals surface area contributed by atoms with Gasteiger partial charge in [-0.15, -0.1) is 0 Å². The maximum absolute atomic E-state index is 6.14. The molecule has 2 heteroatoms. The van der Waals surface area contributed by atoms with Crippen LogP contribution < -0.4 is 5.73 Å². The van der Waals surface area contributed by atoms with Gasteiger partial charge < -0.3 is 10.5 Å². The molecule has 76 valence electrons. The number of ether oxygens (including phenoxy) is 1. The summed E-state index contributed by atoms with van der Waals surface area (Å²) in [6.45, 7) is 0. The molecule has 13 heavy (non-hydrogen) atoms. The molecule has 2 N–H and O–H groups in total. The third-order valence-corrected chi connectivity index (χ3v) is 4.17. The lowest BCUT2D eigenvalue weighted by Gasteiger charge is -2.54. The van der Waals surface area contributed by atoms with Crippen LogP contribution in [0.3, 0.4) is 0 Å². The summed E-state index contributed by atoms with van der Waals surface area (Å²) in [5.41, 5.74) is 6.51. The predicted octanol–water partition coefficient (Wildman–Crippen LogP) is 2.07. The van der Waals surface area contributed by atoms with Gasteiger partial charge in [-0.2, -0.15) is 0 Å². The van der Waals surface area contributed by atoms with Crippen LogP contribution in [-0.4, -0.2) is 19.3 Å². The van der Waals surface area contributed by atoms with Crippen molar-refractivity contribution in [3.8, 4) is 0 Å². The zero-order valence-electron chi connectivity index (χ0n) is 8.59. The Morgan fingerprint density at radius 1 is 1.15 bits per heavy atom. The van der Waals surface area contributed by atoms with Crippen LogP contribution in [-0.2, 0) is 4.74 Å². The quantitative estimate of drug-likeness (QED) is 0.675. The van der Waals surface area contributed by atoms with E-state index in [4.69, 9.17) is 10.5 Å². The van der Waals surface area contributed by atoms with Crippen molar-refractivity contribution in [2.24, 2.45) is 11.1 Å². The van der Waals surface area contributed by atoms with E-state index >= 15 is 0 Å². The minimum Gasteiger partial charge on any atom is -0.381 e. The van der Waals surface area contributed by atoms with Crippen LogP contribution in [0.2, 0.25) is 0 Å². The van der Waals surface area contributed by atoms with Crippen molar-refractivity contribution in [2.75, 3.05) is 7.11 Å². The molecule has 2 atom stereocenters. The summed E-state index contributed by atoms with van der Waals surface area (Å²) in [6.07, 6.45) is 9.63. The van der Waals surface area contributed by atoms with Gasteiger partial charge in [-0.05, 0) is 19.3 Å². The zero-order chi connectivity index (χ0) is 9.31. The van der Waals surface area contributed by atoms with Gasteiger partial charge in [0.15, 0.2) is 0 Å². The van der Waals surface area contributed by atoms with Gasteiger partial charge >= 0.3 is 0 Å². The van der Waals surface area contributed by atoms with E-state index in [-0.39, 0.29) is 0 Å². The maximum atomic E-state index is 6.14. The molecule has 0 aromatic rings. The van der Waals surface area contributed by atoms with Crippen LogP contribution in [0.4, 0.5) is 0 Å². The van der Waals surface area contributed by atoms with Crippen molar-refractivity contribution in [3.63, 3.8) is 0 Å². The molecule has 2 unspecified atom stereocenters. The Morgan fingerprint density at radius 3 is 2.23 bits per heavy atom. The van der Waals surface area contributed by atoms with Crippen molar-refractivity contribution in [2.45, 2.75) is 57.1 Å². The van der Waals surface area contributed by atoms with E-state index in [0.29, 0.717) is 17.6 Å². The van der Waals surface area contributed by atoms with E-state index < -0.39 is 0 Å². The summed E-state index contributed by atoms with van der Waals surface area (Å²) < 4.78 is 5.53. The van der Waals surface area contributed by atoms with Crippen molar-refractivity contribution in [1.29, 1.82) is 0 Å². The molecule has 0 amide bonds. The minimum atomic E-state index is 0.366. The lowest BCUT2D eigenvalue weighted by molar-refractivity contribution is -0.116. The SMILES string of the molecule is COC1CC(N)C12CCCCCC2. The van der Waals surface area contributed by atoms with Gasteiger partial charge in [0, 0.05) is 18.6 Å². The van der Waals surface area contributed by atoms with Gasteiger partial charge in [-0.25, -0.2) is 0 Å². The normalized spacial score (nSPS) is 38.3. The lowest BCUT2D eigenvalue weighted by Crippen LogP contribution is -2.61. The van der Waals surface area contributed by atoms with E-state index in [1.807, 2.05) is 7.11 Å². The van der Waals surface area contributed by atoms with Crippen LogP contribution in [0.15, 0.2) is 0 Å².